The van der Waals surface area contributed by atoms with Gasteiger partial charge in [0.2, 0.25) is 11.8 Å². The first-order valence-corrected chi connectivity index (χ1v) is 9.66. The molecular formula is C21H27ClN2O3. The molecule has 1 heterocycles. The maximum atomic E-state index is 13.0. The first-order chi connectivity index (χ1) is 12.9. The second-order valence-corrected chi connectivity index (χ2v) is 7.18. The Bertz CT molecular complexity index is 743. The Morgan fingerprint density at radius 3 is 2.30 bits per heavy atom. The molecule has 0 fully saturated rings. The number of hydrogen-bond acceptors (Lipinski definition) is 3. The van der Waals surface area contributed by atoms with E-state index in [2.05, 4.69) is 0 Å². The number of aryl methyl sites for hydroxylation is 1. The van der Waals surface area contributed by atoms with Crippen LogP contribution in [-0.4, -0.2) is 40.1 Å². The van der Waals surface area contributed by atoms with Crippen LogP contribution in [-0.2, 0) is 22.7 Å². The van der Waals surface area contributed by atoms with Gasteiger partial charge in [-0.15, -0.1) is 11.6 Å². The van der Waals surface area contributed by atoms with E-state index < -0.39 is 0 Å². The Kier molecular flexibility index (Phi) is 7.92. The predicted octanol–water partition coefficient (Wildman–Crippen LogP) is 3.98. The fraction of sp³-hybridized carbons (Fsp3) is 0.429. The summed E-state index contributed by atoms with van der Waals surface area (Å²) < 4.78 is 5.65. The fourth-order valence-corrected chi connectivity index (χ4v) is 2.98. The molecule has 2 rings (SSSR count). The number of furan rings is 1. The van der Waals surface area contributed by atoms with Gasteiger partial charge >= 0.3 is 0 Å². The van der Waals surface area contributed by atoms with Crippen molar-refractivity contribution in [1.82, 2.24) is 9.80 Å². The van der Waals surface area contributed by atoms with Crippen LogP contribution in [0.2, 0.25) is 0 Å². The van der Waals surface area contributed by atoms with Gasteiger partial charge in [0.25, 0.3) is 0 Å². The summed E-state index contributed by atoms with van der Waals surface area (Å²) in [6.07, 6.45) is 0.225. The molecule has 0 saturated heterocycles. The van der Waals surface area contributed by atoms with E-state index in [1.807, 2.05) is 63.2 Å². The number of amides is 2. The van der Waals surface area contributed by atoms with E-state index in [0.29, 0.717) is 13.1 Å². The largest absolute Gasteiger partial charge is 0.464 e. The maximum Gasteiger partial charge on any atom is 0.242 e. The highest BCUT2D eigenvalue weighted by molar-refractivity contribution is 6.18. The van der Waals surface area contributed by atoms with Gasteiger partial charge in [-0.3, -0.25) is 9.59 Å². The molecule has 146 valence electrons. The summed E-state index contributed by atoms with van der Waals surface area (Å²) in [5.74, 6) is 1.54. The smallest absolute Gasteiger partial charge is 0.242 e. The zero-order valence-electron chi connectivity index (χ0n) is 16.2. The maximum absolute atomic E-state index is 13.0. The molecule has 0 atom stereocenters. The molecule has 0 spiro atoms. The molecule has 2 aromatic rings. The number of alkyl halides is 1. The number of nitrogens with zero attached hydrogens (tertiary/aromatic N) is 2. The van der Waals surface area contributed by atoms with Gasteiger partial charge in [0.15, 0.2) is 0 Å². The fourth-order valence-electron chi connectivity index (χ4n) is 2.82. The number of benzene rings is 1. The van der Waals surface area contributed by atoms with Crippen molar-refractivity contribution in [2.45, 2.75) is 46.3 Å². The van der Waals surface area contributed by atoms with E-state index in [1.54, 1.807) is 9.80 Å². The van der Waals surface area contributed by atoms with Crippen LogP contribution in [0.15, 0.2) is 46.9 Å². The third-order valence-corrected chi connectivity index (χ3v) is 4.46. The first kappa shape index (κ1) is 21.0. The molecule has 0 radical (unpaired) electrons. The summed E-state index contributed by atoms with van der Waals surface area (Å²) in [5, 5.41) is 0. The van der Waals surface area contributed by atoms with Crippen LogP contribution in [0.4, 0.5) is 0 Å². The lowest BCUT2D eigenvalue weighted by atomic mass is 10.2. The van der Waals surface area contributed by atoms with E-state index in [-0.39, 0.29) is 36.7 Å². The molecule has 2 amide bonds. The average molecular weight is 391 g/mol. The molecule has 0 saturated carbocycles. The highest BCUT2D eigenvalue weighted by Gasteiger charge is 2.24. The number of rotatable bonds is 9. The van der Waals surface area contributed by atoms with Gasteiger partial charge in [0.1, 0.15) is 18.1 Å². The van der Waals surface area contributed by atoms with Crippen LogP contribution in [0.1, 0.15) is 37.4 Å². The molecule has 0 bridgehead atoms. The number of hydrogen-bond donors (Lipinski definition) is 0. The molecule has 1 aromatic carbocycles. The zero-order chi connectivity index (χ0) is 19.8. The SMILES string of the molecule is Cc1ccc(CN(Cc2ccccc2)C(=O)CN(C(=O)CCCl)C(C)C)o1. The number of carbonyl (C=O) groups excluding carboxylic acids is 2. The Labute approximate surface area is 165 Å². The van der Waals surface area contributed by atoms with Crippen LogP contribution >= 0.6 is 11.6 Å². The Morgan fingerprint density at radius 2 is 1.74 bits per heavy atom. The average Bonchev–Trinajstić information content (AvgIpc) is 3.04. The molecule has 0 aliphatic heterocycles. The van der Waals surface area contributed by atoms with Gasteiger partial charge in [-0.2, -0.15) is 0 Å². The van der Waals surface area contributed by atoms with Crippen molar-refractivity contribution >= 4 is 23.4 Å². The van der Waals surface area contributed by atoms with Crippen molar-refractivity contribution in [3.05, 3.63) is 59.5 Å². The molecule has 1 aromatic heterocycles. The van der Waals surface area contributed by atoms with E-state index in [9.17, 15) is 9.59 Å². The van der Waals surface area contributed by atoms with Crippen molar-refractivity contribution in [1.29, 1.82) is 0 Å². The summed E-state index contributed by atoms with van der Waals surface area (Å²) in [6.45, 7) is 6.51. The third-order valence-electron chi connectivity index (χ3n) is 4.27. The van der Waals surface area contributed by atoms with Gasteiger partial charge in [-0.1, -0.05) is 30.3 Å². The van der Waals surface area contributed by atoms with Crippen LogP contribution < -0.4 is 0 Å². The van der Waals surface area contributed by atoms with Crippen LogP contribution in [0.3, 0.4) is 0 Å². The monoisotopic (exact) mass is 390 g/mol. The molecular weight excluding hydrogens is 364 g/mol. The third kappa shape index (κ3) is 6.43. The lowest BCUT2D eigenvalue weighted by Gasteiger charge is -2.30. The van der Waals surface area contributed by atoms with Gasteiger partial charge in [-0.05, 0) is 38.5 Å². The van der Waals surface area contributed by atoms with Crippen LogP contribution in [0, 0.1) is 6.92 Å². The highest BCUT2D eigenvalue weighted by Crippen LogP contribution is 2.14. The van der Waals surface area contributed by atoms with Crippen molar-refractivity contribution in [3.63, 3.8) is 0 Å². The summed E-state index contributed by atoms with van der Waals surface area (Å²) in [7, 11) is 0. The lowest BCUT2D eigenvalue weighted by molar-refractivity contribution is -0.142. The Morgan fingerprint density at radius 1 is 1.04 bits per heavy atom. The normalized spacial score (nSPS) is 10.9. The first-order valence-electron chi connectivity index (χ1n) is 9.13. The molecule has 0 aliphatic carbocycles. The molecule has 0 N–H and O–H groups in total. The summed E-state index contributed by atoms with van der Waals surface area (Å²) >= 11 is 5.71. The molecule has 0 aliphatic rings. The van der Waals surface area contributed by atoms with E-state index in [1.165, 1.54) is 0 Å². The lowest BCUT2D eigenvalue weighted by Crippen LogP contribution is -2.45. The second-order valence-electron chi connectivity index (χ2n) is 6.80. The minimum absolute atomic E-state index is 0.0277. The summed E-state index contributed by atoms with van der Waals surface area (Å²) in [4.78, 5) is 28.7. The summed E-state index contributed by atoms with van der Waals surface area (Å²) in [5.41, 5.74) is 1.03. The minimum atomic E-state index is -0.121. The molecule has 0 unspecified atom stereocenters. The van der Waals surface area contributed by atoms with Crippen molar-refractivity contribution in [3.8, 4) is 0 Å². The van der Waals surface area contributed by atoms with Crippen molar-refractivity contribution in [2.75, 3.05) is 12.4 Å². The van der Waals surface area contributed by atoms with Gasteiger partial charge in [-0.25, -0.2) is 0 Å². The van der Waals surface area contributed by atoms with Crippen molar-refractivity contribution < 1.29 is 14.0 Å². The number of carbonyl (C=O) groups is 2. The van der Waals surface area contributed by atoms with Gasteiger partial charge in [0.05, 0.1) is 6.54 Å². The quantitative estimate of drug-likeness (QED) is 0.608. The topological polar surface area (TPSA) is 53.8 Å². The predicted molar refractivity (Wildman–Crippen MR) is 106 cm³/mol. The molecule has 6 heteroatoms. The van der Waals surface area contributed by atoms with Gasteiger partial charge in [0, 0.05) is 24.9 Å². The minimum Gasteiger partial charge on any atom is -0.464 e. The summed E-state index contributed by atoms with van der Waals surface area (Å²) in [6, 6.07) is 13.5. The van der Waals surface area contributed by atoms with E-state index in [4.69, 9.17) is 16.0 Å². The highest BCUT2D eigenvalue weighted by atomic mass is 35.5. The Hall–Kier alpha value is -2.27. The zero-order valence-corrected chi connectivity index (χ0v) is 16.9. The van der Waals surface area contributed by atoms with Crippen LogP contribution in [0.5, 0.6) is 0 Å². The molecule has 27 heavy (non-hydrogen) atoms. The second kappa shape index (κ2) is 10.2. The van der Waals surface area contributed by atoms with E-state index >= 15 is 0 Å². The Balaban J connectivity index is 2.17. The van der Waals surface area contributed by atoms with Crippen molar-refractivity contribution in [2.24, 2.45) is 0 Å². The van der Waals surface area contributed by atoms with Crippen LogP contribution in [0.25, 0.3) is 0 Å². The van der Waals surface area contributed by atoms with Gasteiger partial charge < -0.3 is 14.2 Å². The van der Waals surface area contributed by atoms with E-state index in [0.717, 1.165) is 17.1 Å². The number of halogens is 1. The standard InChI is InChI=1S/C21H27ClN2O3/c1-16(2)24(20(25)11-12-22)15-21(26)23(13-18-7-5-4-6-8-18)14-19-10-9-17(3)27-19/h4-10,16H,11-15H2,1-3H3. The molecule has 5 nitrogen and oxygen atoms in total.